The maximum absolute atomic E-state index is 12.6. The molecule has 0 aliphatic carbocycles. The summed E-state index contributed by atoms with van der Waals surface area (Å²) in [6.07, 6.45) is 18.4. The van der Waals surface area contributed by atoms with E-state index in [9.17, 15) is 18.6 Å². The van der Waals surface area contributed by atoms with Crippen molar-refractivity contribution in [1.82, 2.24) is 39.2 Å². The zero-order chi connectivity index (χ0) is 38.8. The zero-order valence-corrected chi connectivity index (χ0v) is 31.7. The van der Waals surface area contributed by atoms with Gasteiger partial charge in [0.15, 0.2) is 0 Å². The highest BCUT2D eigenvalue weighted by atomic mass is 32.2. The van der Waals surface area contributed by atoms with E-state index >= 15 is 0 Å². The molecule has 2 fully saturated rings. The number of anilines is 2. The van der Waals surface area contributed by atoms with Gasteiger partial charge in [0.05, 0.1) is 36.2 Å². The van der Waals surface area contributed by atoms with Crippen molar-refractivity contribution >= 4 is 44.9 Å². The Kier molecular flexibility index (Phi) is 12.9. The molecule has 15 heteroatoms. The van der Waals surface area contributed by atoms with Crippen LogP contribution in [0.2, 0.25) is 0 Å². The lowest BCUT2D eigenvalue weighted by Gasteiger charge is -2.34. The number of aromatic nitrogens is 4. The minimum atomic E-state index is -2.40. The summed E-state index contributed by atoms with van der Waals surface area (Å²) in [6.45, 7) is 8.84. The summed E-state index contributed by atoms with van der Waals surface area (Å²) in [7, 11) is -0.746. The van der Waals surface area contributed by atoms with Crippen molar-refractivity contribution in [2.24, 2.45) is 0 Å². The number of nitrogens with zero attached hydrogens (tertiary/aromatic N) is 9. The van der Waals surface area contributed by atoms with E-state index < -0.39 is 9.71 Å². The predicted octanol–water partition coefficient (Wildman–Crippen LogP) is 2.96. The molecule has 2 aromatic carbocycles. The quantitative estimate of drug-likeness (QED) is 0.226. The number of hydrogen-bond acceptors (Lipinski definition) is 8. The Hall–Kier alpha value is -5.87. The van der Waals surface area contributed by atoms with Gasteiger partial charge in [-0.1, -0.05) is 36.1 Å². The average Bonchev–Trinajstić information content (AvgIpc) is 3.85. The molecule has 2 aliphatic heterocycles. The van der Waals surface area contributed by atoms with Crippen LogP contribution in [-0.2, 0) is 27.6 Å². The van der Waals surface area contributed by atoms with E-state index in [1.165, 1.54) is 57.2 Å². The fourth-order valence-corrected chi connectivity index (χ4v) is 6.52. The zero-order valence-electron chi connectivity index (χ0n) is 30.9. The number of terminal acetylenes is 2. The largest absolute Gasteiger partial charge is 0.344 e. The number of carbonyl (C=O) groups excluding carboxylic acids is 3. The number of carbonyl (C=O) groups is 3. The number of benzene rings is 2. The molecule has 1 N–H and O–H groups in total. The average molecular weight is 751 g/mol. The van der Waals surface area contributed by atoms with E-state index in [4.69, 9.17) is 12.8 Å². The standard InChI is InChI=1S/C20H23N5O2.C19H23N5O2S/c1-4-17-5-7-18(8-6-17)14-23-9-11-24(12-10-23)20(27)25-15-19(13-21-25)22(3)16(2)26;1-4-16-5-7-17(8-6-16)14-22-9-11-23(12-10-22)19(25)24-15-18(13-20-24)21-27(2,3)26/h1,5-8,13,15H,9-12,14H2,2-3H3;1,5-8,13,15H,2,9-12,14H2,3H3,(H,21,26). The fraction of sp³-hybridized carbons (Fsp3) is 0.333. The second-order valence-electron chi connectivity index (χ2n) is 13.3. The normalized spacial score (nSPS) is 15.9. The third-order valence-corrected chi connectivity index (χ3v) is 9.74. The predicted molar refractivity (Wildman–Crippen MR) is 212 cm³/mol. The first-order valence-corrected chi connectivity index (χ1v) is 19.5. The summed E-state index contributed by atoms with van der Waals surface area (Å²) in [5.74, 6) is 8.66. The van der Waals surface area contributed by atoms with Gasteiger partial charge in [0.25, 0.3) is 0 Å². The summed E-state index contributed by atoms with van der Waals surface area (Å²) in [6, 6.07) is 15.6. The molecule has 2 aromatic heterocycles. The maximum atomic E-state index is 12.6. The lowest BCUT2D eigenvalue weighted by atomic mass is 10.1. The maximum Gasteiger partial charge on any atom is 0.344 e. The number of rotatable bonds is 7. The Bertz CT molecular complexity index is 2110. The Morgan fingerprint density at radius 1 is 0.759 bits per heavy atom. The topological polar surface area (TPSA) is 132 Å². The van der Waals surface area contributed by atoms with Gasteiger partial charge in [0.1, 0.15) is 0 Å². The molecule has 4 aromatic rings. The molecule has 0 radical (unpaired) electrons. The SMILES string of the molecule is C#Cc1ccc(CN2CCN(C(=O)n3cc(N(C)C(C)=O)cn3)CC2)cc1.C#Cc1ccc(CN2CCN(C(=O)n3cc(NS(=C)(C)=O)cn3)CC2)cc1. The van der Waals surface area contributed by atoms with Crippen molar-refractivity contribution in [2.75, 3.05) is 75.3 Å². The van der Waals surface area contributed by atoms with Crippen LogP contribution in [0.4, 0.5) is 21.0 Å². The summed E-state index contributed by atoms with van der Waals surface area (Å²) < 4.78 is 17.0. The van der Waals surface area contributed by atoms with Gasteiger partial charge in [-0.05, 0) is 41.3 Å². The minimum absolute atomic E-state index is 0.106. The first-order chi connectivity index (χ1) is 25.8. The highest BCUT2D eigenvalue weighted by Crippen LogP contribution is 2.15. The molecule has 6 rings (SSSR count). The number of piperazine rings is 2. The molecule has 0 spiro atoms. The smallest absolute Gasteiger partial charge is 0.320 e. The molecule has 14 nitrogen and oxygen atoms in total. The molecule has 2 aliphatic rings. The third kappa shape index (κ3) is 10.8. The molecular weight excluding hydrogens is 705 g/mol. The van der Waals surface area contributed by atoms with Crippen molar-refractivity contribution in [3.05, 3.63) is 95.6 Å². The fourth-order valence-electron chi connectivity index (χ4n) is 5.92. The van der Waals surface area contributed by atoms with Crippen molar-refractivity contribution in [1.29, 1.82) is 0 Å². The second kappa shape index (κ2) is 17.8. The Balaban J connectivity index is 0.000000208. The molecule has 282 valence electrons. The molecule has 0 saturated carbocycles. The van der Waals surface area contributed by atoms with Crippen LogP contribution >= 0.6 is 0 Å². The van der Waals surface area contributed by atoms with Crippen molar-refractivity contribution < 1.29 is 18.6 Å². The molecular formula is C39H46N10O4S. The molecule has 0 bridgehead atoms. The van der Waals surface area contributed by atoms with Crippen molar-refractivity contribution in [2.45, 2.75) is 20.0 Å². The summed E-state index contributed by atoms with van der Waals surface area (Å²) >= 11 is 0. The van der Waals surface area contributed by atoms with Crippen molar-refractivity contribution in [3.63, 3.8) is 0 Å². The van der Waals surface area contributed by atoms with Crippen LogP contribution in [0.25, 0.3) is 0 Å². The Labute approximate surface area is 317 Å². The van der Waals surface area contributed by atoms with E-state index in [0.717, 1.165) is 50.4 Å². The summed E-state index contributed by atoms with van der Waals surface area (Å²) in [5.41, 5.74) is 5.28. The monoisotopic (exact) mass is 750 g/mol. The van der Waals surface area contributed by atoms with Crippen LogP contribution < -0.4 is 9.62 Å². The van der Waals surface area contributed by atoms with E-state index in [0.29, 0.717) is 37.6 Å². The van der Waals surface area contributed by atoms with Crippen LogP contribution in [0.5, 0.6) is 0 Å². The molecule has 1 unspecified atom stereocenters. The third-order valence-electron chi connectivity index (χ3n) is 9.08. The van der Waals surface area contributed by atoms with Gasteiger partial charge in [-0.15, -0.1) is 12.8 Å². The lowest BCUT2D eigenvalue weighted by Crippen LogP contribution is -2.49. The molecule has 1 atom stereocenters. The molecule has 54 heavy (non-hydrogen) atoms. The summed E-state index contributed by atoms with van der Waals surface area (Å²) in [5, 5.41) is 8.16. The second-order valence-corrected chi connectivity index (χ2v) is 15.5. The van der Waals surface area contributed by atoms with Gasteiger partial charge in [-0.2, -0.15) is 19.6 Å². The van der Waals surface area contributed by atoms with Crippen LogP contribution in [-0.4, -0.2) is 133 Å². The van der Waals surface area contributed by atoms with Crippen LogP contribution in [0, 0.1) is 24.7 Å². The van der Waals surface area contributed by atoms with Gasteiger partial charge in [0, 0.05) is 107 Å². The van der Waals surface area contributed by atoms with Gasteiger partial charge >= 0.3 is 12.1 Å². The van der Waals surface area contributed by atoms with Crippen LogP contribution in [0.15, 0.2) is 73.3 Å². The van der Waals surface area contributed by atoms with Crippen molar-refractivity contribution in [3.8, 4) is 24.7 Å². The minimum Gasteiger partial charge on any atom is -0.320 e. The molecule has 4 heterocycles. The number of nitrogens with one attached hydrogen (secondary N) is 1. The van der Waals surface area contributed by atoms with E-state index in [1.54, 1.807) is 23.0 Å². The van der Waals surface area contributed by atoms with Gasteiger partial charge in [-0.25, -0.2) is 13.8 Å². The molecule has 2 saturated heterocycles. The Morgan fingerprint density at radius 2 is 1.19 bits per heavy atom. The highest BCUT2D eigenvalue weighted by molar-refractivity contribution is 8.00. The number of hydrogen-bond donors (Lipinski definition) is 1. The number of amides is 3. The highest BCUT2D eigenvalue weighted by Gasteiger charge is 2.25. The first-order valence-electron chi connectivity index (χ1n) is 17.4. The molecule has 3 amide bonds. The van der Waals surface area contributed by atoms with Gasteiger partial charge in [-0.3, -0.25) is 14.6 Å². The van der Waals surface area contributed by atoms with E-state index in [2.05, 4.69) is 42.4 Å². The summed E-state index contributed by atoms with van der Waals surface area (Å²) in [4.78, 5) is 46.3. The van der Waals surface area contributed by atoms with Crippen LogP contribution in [0.3, 0.4) is 0 Å². The van der Waals surface area contributed by atoms with Crippen LogP contribution in [0.1, 0.15) is 29.2 Å². The first kappa shape index (κ1) is 39.3. The van der Waals surface area contributed by atoms with E-state index in [1.807, 2.05) is 48.5 Å². The Morgan fingerprint density at radius 3 is 1.59 bits per heavy atom. The van der Waals surface area contributed by atoms with Gasteiger partial charge in [0.2, 0.25) is 5.91 Å². The lowest BCUT2D eigenvalue weighted by molar-refractivity contribution is -0.116. The van der Waals surface area contributed by atoms with E-state index in [-0.39, 0.29) is 18.0 Å². The van der Waals surface area contributed by atoms with Gasteiger partial charge < -0.3 is 19.4 Å².